The number of methoxy groups -OCH3 is 1. The van der Waals surface area contributed by atoms with Crippen LogP contribution in [0.2, 0.25) is 0 Å². The molecule has 0 aliphatic rings. The third-order valence-electron chi connectivity index (χ3n) is 2.89. The quantitative estimate of drug-likeness (QED) is 0.764. The van der Waals surface area contributed by atoms with E-state index >= 15 is 0 Å². The molecule has 1 rings (SSSR count). The second-order valence-electron chi connectivity index (χ2n) is 4.62. The number of hydrogen-bond acceptors (Lipinski definition) is 3. The molecule has 0 unspecified atom stereocenters. The molecule has 0 fully saturated rings. The van der Waals surface area contributed by atoms with Gasteiger partial charge in [0.2, 0.25) is 0 Å². The largest absolute Gasteiger partial charge is 0.496 e. The molecule has 3 heteroatoms. The summed E-state index contributed by atoms with van der Waals surface area (Å²) in [5.74, 6) is 1.04. The van der Waals surface area contributed by atoms with Crippen molar-refractivity contribution in [1.29, 1.82) is 0 Å². The number of benzene rings is 1. The maximum absolute atomic E-state index is 5.49. The number of hydrogen-bond donors (Lipinski definition) is 1. The van der Waals surface area contributed by atoms with Crippen LogP contribution in [0.25, 0.3) is 0 Å². The highest BCUT2D eigenvalue weighted by molar-refractivity contribution is 5.43. The maximum Gasteiger partial charge on any atom is 0.125 e. The highest BCUT2D eigenvalue weighted by Crippen LogP contribution is 2.25. The van der Waals surface area contributed by atoms with E-state index in [1.807, 2.05) is 7.05 Å². The minimum Gasteiger partial charge on any atom is -0.496 e. The smallest absolute Gasteiger partial charge is 0.125 e. The summed E-state index contributed by atoms with van der Waals surface area (Å²) in [6.45, 7) is 6.17. The normalized spacial score (nSPS) is 10.9. The fourth-order valence-corrected chi connectivity index (χ4v) is 2.18. The topological polar surface area (TPSA) is 24.5 Å². The Morgan fingerprint density at radius 3 is 2.59 bits per heavy atom. The van der Waals surface area contributed by atoms with Crippen molar-refractivity contribution in [2.75, 3.05) is 34.4 Å². The molecule has 0 atom stereocenters. The molecule has 0 saturated carbocycles. The zero-order valence-electron chi connectivity index (χ0n) is 11.6. The van der Waals surface area contributed by atoms with E-state index in [0.717, 1.165) is 25.4 Å². The lowest BCUT2D eigenvalue weighted by atomic mass is 10.0. The van der Waals surface area contributed by atoms with Crippen molar-refractivity contribution in [3.8, 4) is 5.75 Å². The molecule has 17 heavy (non-hydrogen) atoms. The molecule has 96 valence electrons. The van der Waals surface area contributed by atoms with Crippen molar-refractivity contribution >= 4 is 0 Å². The van der Waals surface area contributed by atoms with Gasteiger partial charge in [-0.2, -0.15) is 0 Å². The van der Waals surface area contributed by atoms with Gasteiger partial charge in [-0.1, -0.05) is 17.7 Å². The SMILES string of the molecule is CNCN(C)CCc1cc(C)cc(C)c1OC. The van der Waals surface area contributed by atoms with Gasteiger partial charge in [-0.25, -0.2) is 0 Å². The summed E-state index contributed by atoms with van der Waals surface area (Å²) in [6, 6.07) is 4.39. The standard InChI is InChI=1S/C14H24N2O/c1-11-8-12(2)14(17-5)13(9-11)6-7-16(4)10-15-3/h8-9,15H,6-7,10H2,1-5H3. The van der Waals surface area contributed by atoms with E-state index in [1.165, 1.54) is 16.7 Å². The minimum atomic E-state index is 0.910. The Hall–Kier alpha value is -1.06. The molecule has 0 amide bonds. The van der Waals surface area contributed by atoms with Crippen molar-refractivity contribution in [3.05, 3.63) is 28.8 Å². The number of nitrogens with zero attached hydrogens (tertiary/aromatic N) is 1. The number of aryl methyl sites for hydroxylation is 2. The van der Waals surface area contributed by atoms with Crippen LogP contribution in [-0.4, -0.2) is 39.3 Å². The van der Waals surface area contributed by atoms with Crippen molar-refractivity contribution in [2.24, 2.45) is 0 Å². The van der Waals surface area contributed by atoms with Gasteiger partial charge in [0, 0.05) is 13.2 Å². The molecule has 0 aliphatic heterocycles. The van der Waals surface area contributed by atoms with Gasteiger partial charge in [0.15, 0.2) is 0 Å². The fraction of sp³-hybridized carbons (Fsp3) is 0.571. The summed E-state index contributed by atoms with van der Waals surface area (Å²) in [7, 11) is 5.83. The predicted octanol–water partition coefficient (Wildman–Crippen LogP) is 1.96. The third-order valence-corrected chi connectivity index (χ3v) is 2.89. The molecule has 0 bridgehead atoms. The number of ether oxygens (including phenoxy) is 1. The number of likely N-dealkylation sites (N-methyl/N-ethyl adjacent to an activating group) is 1. The molecule has 1 N–H and O–H groups in total. The highest BCUT2D eigenvalue weighted by atomic mass is 16.5. The van der Waals surface area contributed by atoms with Crippen molar-refractivity contribution in [2.45, 2.75) is 20.3 Å². The molecule has 0 aliphatic carbocycles. The van der Waals surface area contributed by atoms with Crippen LogP contribution in [0.5, 0.6) is 5.75 Å². The lowest BCUT2D eigenvalue weighted by Gasteiger charge is -2.18. The van der Waals surface area contributed by atoms with E-state index in [0.29, 0.717) is 0 Å². The second-order valence-corrected chi connectivity index (χ2v) is 4.62. The first kappa shape index (κ1) is 14.0. The van der Waals surface area contributed by atoms with Crippen molar-refractivity contribution in [3.63, 3.8) is 0 Å². The molecule has 0 saturated heterocycles. The average Bonchev–Trinajstić information content (AvgIpc) is 2.26. The number of nitrogens with one attached hydrogen (secondary N) is 1. The van der Waals surface area contributed by atoms with Crippen molar-refractivity contribution in [1.82, 2.24) is 10.2 Å². The van der Waals surface area contributed by atoms with Gasteiger partial charge >= 0.3 is 0 Å². The first-order valence-corrected chi connectivity index (χ1v) is 6.05. The monoisotopic (exact) mass is 236 g/mol. The summed E-state index contributed by atoms with van der Waals surface area (Å²) in [6.07, 6.45) is 1.02. The van der Waals surface area contributed by atoms with E-state index < -0.39 is 0 Å². The Kier molecular flexibility index (Phi) is 5.45. The number of rotatable bonds is 6. The average molecular weight is 236 g/mol. The molecular formula is C14H24N2O. The summed E-state index contributed by atoms with van der Waals surface area (Å²) in [5, 5.41) is 3.15. The van der Waals surface area contributed by atoms with E-state index in [4.69, 9.17) is 4.74 Å². The first-order valence-electron chi connectivity index (χ1n) is 6.05. The van der Waals surface area contributed by atoms with E-state index in [9.17, 15) is 0 Å². The Morgan fingerprint density at radius 1 is 1.29 bits per heavy atom. The van der Waals surface area contributed by atoms with Crippen LogP contribution >= 0.6 is 0 Å². The summed E-state index contributed by atoms with van der Waals surface area (Å²) < 4.78 is 5.49. The van der Waals surface area contributed by atoms with Crippen LogP contribution in [0.3, 0.4) is 0 Å². The predicted molar refractivity (Wildman–Crippen MR) is 72.7 cm³/mol. The summed E-state index contributed by atoms with van der Waals surface area (Å²) in [4.78, 5) is 2.26. The van der Waals surface area contributed by atoms with Gasteiger partial charge in [0.25, 0.3) is 0 Å². The van der Waals surface area contributed by atoms with Crippen LogP contribution in [0, 0.1) is 13.8 Å². The van der Waals surface area contributed by atoms with Gasteiger partial charge in [0.05, 0.1) is 7.11 Å². The van der Waals surface area contributed by atoms with Crippen LogP contribution < -0.4 is 10.1 Å². The zero-order chi connectivity index (χ0) is 12.8. The molecular weight excluding hydrogens is 212 g/mol. The molecule has 1 aromatic carbocycles. The summed E-state index contributed by atoms with van der Waals surface area (Å²) >= 11 is 0. The van der Waals surface area contributed by atoms with Gasteiger partial charge in [-0.05, 0) is 45.5 Å². The lowest BCUT2D eigenvalue weighted by molar-refractivity contribution is 0.318. The highest BCUT2D eigenvalue weighted by Gasteiger charge is 2.08. The minimum absolute atomic E-state index is 0.910. The second kappa shape index (κ2) is 6.62. The Balaban J connectivity index is 2.75. The van der Waals surface area contributed by atoms with Gasteiger partial charge in [-0.15, -0.1) is 0 Å². The third kappa shape index (κ3) is 4.02. The van der Waals surface area contributed by atoms with Gasteiger partial charge in [0.1, 0.15) is 5.75 Å². The molecule has 0 aromatic heterocycles. The van der Waals surface area contributed by atoms with Crippen LogP contribution in [0.15, 0.2) is 12.1 Å². The Bertz CT molecular complexity index is 363. The van der Waals surface area contributed by atoms with Gasteiger partial charge in [-0.3, -0.25) is 4.90 Å². The molecule has 0 heterocycles. The maximum atomic E-state index is 5.49. The van der Waals surface area contributed by atoms with E-state index in [-0.39, 0.29) is 0 Å². The Morgan fingerprint density at radius 2 is 2.00 bits per heavy atom. The first-order chi connectivity index (χ1) is 8.08. The zero-order valence-corrected chi connectivity index (χ0v) is 11.6. The van der Waals surface area contributed by atoms with E-state index in [1.54, 1.807) is 7.11 Å². The Labute approximate surface area is 105 Å². The molecule has 0 spiro atoms. The summed E-state index contributed by atoms with van der Waals surface area (Å²) in [5.41, 5.74) is 3.82. The van der Waals surface area contributed by atoms with Crippen LogP contribution in [-0.2, 0) is 6.42 Å². The molecule has 3 nitrogen and oxygen atoms in total. The van der Waals surface area contributed by atoms with Crippen LogP contribution in [0.1, 0.15) is 16.7 Å². The lowest BCUT2D eigenvalue weighted by Crippen LogP contribution is -2.30. The molecule has 1 aromatic rings. The van der Waals surface area contributed by atoms with Crippen LogP contribution in [0.4, 0.5) is 0 Å². The van der Waals surface area contributed by atoms with E-state index in [2.05, 4.69) is 43.2 Å². The van der Waals surface area contributed by atoms with Crippen molar-refractivity contribution < 1.29 is 4.74 Å². The fourth-order valence-electron chi connectivity index (χ4n) is 2.18. The molecule has 0 radical (unpaired) electrons. The van der Waals surface area contributed by atoms with Gasteiger partial charge < -0.3 is 10.1 Å².